The number of hydrogen-bond donors (Lipinski definition) is 0. The Hall–Kier alpha value is -2.62. The second-order valence-electron chi connectivity index (χ2n) is 7.61. The first-order valence-electron chi connectivity index (χ1n) is 11.1. The molecule has 0 radical (unpaired) electrons. The van der Waals surface area contributed by atoms with Crippen LogP contribution >= 0.6 is 0 Å². The van der Waals surface area contributed by atoms with Crippen LogP contribution in [0.4, 0.5) is 0 Å². The molecule has 4 nitrogen and oxygen atoms in total. The Morgan fingerprint density at radius 1 is 0.800 bits per heavy atom. The molecule has 2 aromatic rings. The Balaban J connectivity index is 1.90. The molecule has 0 heterocycles. The number of ketones is 1. The van der Waals surface area contributed by atoms with Gasteiger partial charge in [0.15, 0.2) is 6.10 Å². The van der Waals surface area contributed by atoms with Gasteiger partial charge in [-0.1, -0.05) is 75.9 Å². The lowest BCUT2D eigenvalue weighted by molar-refractivity contribution is -0.146. The highest BCUT2D eigenvalue weighted by Crippen LogP contribution is 2.23. The van der Waals surface area contributed by atoms with Crippen molar-refractivity contribution in [1.82, 2.24) is 0 Å². The van der Waals surface area contributed by atoms with Gasteiger partial charge in [0.1, 0.15) is 5.75 Å². The molecule has 0 aliphatic heterocycles. The van der Waals surface area contributed by atoms with Gasteiger partial charge in [-0.15, -0.1) is 0 Å². The number of esters is 1. The molecule has 0 saturated carbocycles. The van der Waals surface area contributed by atoms with Crippen molar-refractivity contribution in [2.75, 3.05) is 6.61 Å². The number of carbonyl (C=O) groups excluding carboxylic acids is 2. The van der Waals surface area contributed by atoms with E-state index in [2.05, 4.69) is 6.92 Å². The van der Waals surface area contributed by atoms with Gasteiger partial charge >= 0.3 is 5.97 Å². The molecule has 2 rings (SSSR count). The number of ether oxygens (including phenoxy) is 2. The second-order valence-corrected chi connectivity index (χ2v) is 7.61. The SMILES string of the molecule is CCCCCCOc1ccc(-c2ccc(C(=O)C(C)OC(=O)CCCC)cc2)cc1. The Labute approximate surface area is 180 Å². The van der Waals surface area contributed by atoms with E-state index in [1.165, 1.54) is 19.3 Å². The smallest absolute Gasteiger partial charge is 0.306 e. The molecule has 0 N–H and O–H groups in total. The van der Waals surface area contributed by atoms with Gasteiger partial charge in [0, 0.05) is 12.0 Å². The summed E-state index contributed by atoms with van der Waals surface area (Å²) in [6.07, 6.45) is 6.04. The van der Waals surface area contributed by atoms with Gasteiger partial charge in [0.25, 0.3) is 0 Å². The van der Waals surface area contributed by atoms with Crippen molar-refractivity contribution < 1.29 is 19.1 Å². The highest BCUT2D eigenvalue weighted by molar-refractivity contribution is 6.00. The van der Waals surface area contributed by atoms with E-state index in [9.17, 15) is 9.59 Å². The Morgan fingerprint density at radius 3 is 2.00 bits per heavy atom. The molecule has 4 heteroatoms. The van der Waals surface area contributed by atoms with Gasteiger partial charge in [-0.3, -0.25) is 9.59 Å². The van der Waals surface area contributed by atoms with Crippen LogP contribution in [0.1, 0.15) is 76.1 Å². The Bertz CT molecular complexity index is 778. The summed E-state index contributed by atoms with van der Waals surface area (Å²) >= 11 is 0. The fraction of sp³-hybridized carbons (Fsp3) is 0.462. The van der Waals surface area contributed by atoms with E-state index in [1.54, 1.807) is 19.1 Å². The van der Waals surface area contributed by atoms with E-state index >= 15 is 0 Å². The van der Waals surface area contributed by atoms with Gasteiger partial charge in [-0.2, -0.15) is 0 Å². The summed E-state index contributed by atoms with van der Waals surface area (Å²) in [4.78, 5) is 24.3. The fourth-order valence-electron chi connectivity index (χ4n) is 3.15. The third-order valence-electron chi connectivity index (χ3n) is 5.04. The van der Waals surface area contributed by atoms with Gasteiger partial charge < -0.3 is 9.47 Å². The molecule has 0 fully saturated rings. The average molecular weight is 411 g/mol. The second kappa shape index (κ2) is 12.8. The van der Waals surface area contributed by atoms with Crippen molar-refractivity contribution in [2.45, 2.75) is 71.8 Å². The maximum absolute atomic E-state index is 12.5. The van der Waals surface area contributed by atoms with E-state index < -0.39 is 6.10 Å². The van der Waals surface area contributed by atoms with Crippen molar-refractivity contribution in [3.63, 3.8) is 0 Å². The number of Topliss-reactive ketones (excluding diaryl/α,β-unsaturated/α-hetero) is 1. The summed E-state index contributed by atoms with van der Waals surface area (Å²) in [7, 11) is 0. The standard InChI is InChI=1S/C26H34O4/c1-4-6-8-9-19-29-24-17-15-22(16-18-24)21-11-13-23(14-12-21)26(28)20(3)30-25(27)10-7-5-2/h11-18,20H,4-10,19H2,1-3H3. The van der Waals surface area contributed by atoms with Crippen LogP contribution in [0, 0.1) is 0 Å². The van der Waals surface area contributed by atoms with Crippen molar-refractivity contribution in [3.8, 4) is 16.9 Å². The Kier molecular flexibility index (Phi) is 10.1. The van der Waals surface area contributed by atoms with Crippen LogP contribution in [0.5, 0.6) is 5.75 Å². The molecule has 2 aromatic carbocycles. The molecule has 0 aliphatic rings. The first-order valence-corrected chi connectivity index (χ1v) is 11.1. The van der Waals surface area contributed by atoms with Gasteiger partial charge in [-0.05, 0) is 43.0 Å². The minimum absolute atomic E-state index is 0.182. The van der Waals surface area contributed by atoms with Crippen molar-refractivity contribution in [1.29, 1.82) is 0 Å². The van der Waals surface area contributed by atoms with Gasteiger partial charge in [-0.25, -0.2) is 0 Å². The molecular weight excluding hydrogens is 376 g/mol. The lowest BCUT2D eigenvalue weighted by Crippen LogP contribution is -2.24. The summed E-state index contributed by atoms with van der Waals surface area (Å²) in [5.41, 5.74) is 2.63. The fourth-order valence-corrected chi connectivity index (χ4v) is 3.15. The molecule has 0 aliphatic carbocycles. The van der Waals surface area contributed by atoms with Crippen LogP contribution in [0.2, 0.25) is 0 Å². The van der Waals surface area contributed by atoms with Crippen molar-refractivity contribution in [3.05, 3.63) is 54.1 Å². The van der Waals surface area contributed by atoms with E-state index in [0.29, 0.717) is 12.0 Å². The molecule has 0 amide bonds. The first kappa shape index (κ1) is 23.7. The minimum Gasteiger partial charge on any atom is -0.494 e. The molecule has 30 heavy (non-hydrogen) atoms. The summed E-state index contributed by atoms with van der Waals surface area (Å²) in [6.45, 7) is 6.59. The quantitative estimate of drug-likeness (QED) is 0.212. The number of carbonyl (C=O) groups is 2. The van der Waals surface area contributed by atoms with Crippen LogP contribution in [0.3, 0.4) is 0 Å². The van der Waals surface area contributed by atoms with Gasteiger partial charge in [0.05, 0.1) is 6.61 Å². The summed E-state index contributed by atoms with van der Waals surface area (Å²) in [5, 5.41) is 0. The van der Waals surface area contributed by atoms with Crippen LogP contribution in [0.25, 0.3) is 11.1 Å². The third kappa shape index (κ3) is 7.66. The molecule has 1 unspecified atom stereocenters. The Morgan fingerprint density at radius 2 is 1.40 bits per heavy atom. The normalized spacial score (nSPS) is 11.7. The predicted octanol–water partition coefficient (Wildman–Crippen LogP) is 6.62. The highest BCUT2D eigenvalue weighted by Gasteiger charge is 2.19. The molecule has 0 bridgehead atoms. The monoisotopic (exact) mass is 410 g/mol. The van der Waals surface area contributed by atoms with Crippen LogP contribution in [-0.2, 0) is 9.53 Å². The highest BCUT2D eigenvalue weighted by atomic mass is 16.5. The van der Waals surface area contributed by atoms with Crippen molar-refractivity contribution >= 4 is 11.8 Å². The van der Waals surface area contributed by atoms with E-state index in [0.717, 1.165) is 42.7 Å². The van der Waals surface area contributed by atoms with Crippen LogP contribution in [-0.4, -0.2) is 24.5 Å². The largest absolute Gasteiger partial charge is 0.494 e. The molecule has 0 aromatic heterocycles. The predicted molar refractivity (Wildman–Crippen MR) is 121 cm³/mol. The van der Waals surface area contributed by atoms with E-state index in [4.69, 9.17) is 9.47 Å². The third-order valence-corrected chi connectivity index (χ3v) is 5.04. The zero-order valence-electron chi connectivity index (χ0n) is 18.5. The lowest BCUT2D eigenvalue weighted by Gasteiger charge is -2.13. The summed E-state index contributed by atoms with van der Waals surface area (Å²) < 4.78 is 11.0. The lowest BCUT2D eigenvalue weighted by atomic mass is 10.0. The van der Waals surface area contributed by atoms with E-state index in [1.807, 2.05) is 43.3 Å². The number of unbranched alkanes of at least 4 members (excludes halogenated alkanes) is 4. The number of benzene rings is 2. The maximum atomic E-state index is 12.5. The zero-order chi connectivity index (χ0) is 21.8. The molecular formula is C26H34O4. The van der Waals surface area contributed by atoms with Crippen LogP contribution < -0.4 is 4.74 Å². The molecule has 162 valence electrons. The number of rotatable bonds is 13. The average Bonchev–Trinajstić information content (AvgIpc) is 2.77. The maximum Gasteiger partial charge on any atom is 0.306 e. The topological polar surface area (TPSA) is 52.6 Å². The van der Waals surface area contributed by atoms with Crippen molar-refractivity contribution in [2.24, 2.45) is 0 Å². The van der Waals surface area contributed by atoms with Crippen LogP contribution in [0.15, 0.2) is 48.5 Å². The van der Waals surface area contributed by atoms with E-state index in [-0.39, 0.29) is 11.8 Å². The summed E-state index contributed by atoms with van der Waals surface area (Å²) in [6, 6.07) is 15.4. The summed E-state index contributed by atoms with van der Waals surface area (Å²) in [5.74, 6) is 0.376. The molecule has 0 saturated heterocycles. The first-order chi connectivity index (χ1) is 14.5. The zero-order valence-corrected chi connectivity index (χ0v) is 18.5. The molecule has 1 atom stereocenters. The molecule has 0 spiro atoms. The number of hydrogen-bond acceptors (Lipinski definition) is 4. The minimum atomic E-state index is -0.769. The van der Waals surface area contributed by atoms with Gasteiger partial charge in [0.2, 0.25) is 5.78 Å².